The minimum Gasteiger partial charge on any atom is -0.496 e. The van der Waals surface area contributed by atoms with Gasteiger partial charge in [0.15, 0.2) is 0 Å². The fraction of sp³-hybridized carbons (Fsp3) is 0.364. The van der Waals surface area contributed by atoms with Gasteiger partial charge in [-0.25, -0.2) is 4.79 Å². The van der Waals surface area contributed by atoms with Crippen molar-refractivity contribution in [3.05, 3.63) is 27.4 Å². The maximum absolute atomic E-state index is 11.1. The van der Waals surface area contributed by atoms with E-state index in [0.717, 1.165) is 21.6 Å². The summed E-state index contributed by atoms with van der Waals surface area (Å²) < 4.78 is 11.0. The molecule has 0 aliphatic carbocycles. The molecular weight excluding hydrogens is 228 g/mol. The zero-order valence-corrected chi connectivity index (χ0v) is 9.84. The summed E-state index contributed by atoms with van der Waals surface area (Å²) in [6, 6.07) is 3.52. The van der Waals surface area contributed by atoms with Crippen LogP contribution in [0.25, 0.3) is 10.3 Å². The Kier molecular flexibility index (Phi) is 2.98. The van der Waals surface area contributed by atoms with E-state index in [4.69, 9.17) is 9.15 Å². The molecule has 1 atom stereocenters. The second-order valence-electron chi connectivity index (χ2n) is 3.62. The summed E-state index contributed by atoms with van der Waals surface area (Å²) in [6.07, 6.45) is 0.00952. The van der Waals surface area contributed by atoms with Gasteiger partial charge in [0.25, 0.3) is 0 Å². The smallest absolute Gasteiger partial charge is 0.396 e. The van der Waals surface area contributed by atoms with Gasteiger partial charge in [-0.15, -0.1) is 0 Å². The summed E-state index contributed by atoms with van der Waals surface area (Å²) in [5, 5.41) is 9.36. The van der Waals surface area contributed by atoms with Crippen LogP contribution in [0.15, 0.2) is 21.3 Å². The van der Waals surface area contributed by atoms with Crippen molar-refractivity contribution in [1.29, 1.82) is 0 Å². The number of rotatable bonds is 3. The van der Waals surface area contributed by atoms with Crippen molar-refractivity contribution >= 4 is 21.6 Å². The van der Waals surface area contributed by atoms with Gasteiger partial charge in [-0.3, -0.25) is 0 Å². The van der Waals surface area contributed by atoms with E-state index in [1.807, 2.05) is 0 Å². The van der Waals surface area contributed by atoms with Gasteiger partial charge < -0.3 is 14.3 Å². The molecule has 1 heterocycles. The first-order valence-corrected chi connectivity index (χ1v) is 5.70. The molecule has 0 amide bonds. The maximum atomic E-state index is 11.1. The van der Waals surface area contributed by atoms with E-state index < -0.39 is 6.10 Å². The Bertz CT molecular complexity index is 553. The SMILES string of the molecule is COc1cc2sc(=O)oc2cc1CC(C)O. The second kappa shape index (κ2) is 4.27. The molecule has 0 radical (unpaired) electrons. The number of aliphatic hydroxyl groups excluding tert-OH is 1. The van der Waals surface area contributed by atoms with Gasteiger partial charge >= 0.3 is 4.94 Å². The molecular formula is C11H12O4S. The van der Waals surface area contributed by atoms with Crippen LogP contribution in [0.1, 0.15) is 12.5 Å². The number of fused-ring (bicyclic) bond motifs is 1. The van der Waals surface area contributed by atoms with E-state index in [9.17, 15) is 9.90 Å². The van der Waals surface area contributed by atoms with E-state index in [1.54, 1.807) is 26.2 Å². The van der Waals surface area contributed by atoms with Crippen molar-refractivity contribution in [2.75, 3.05) is 7.11 Å². The van der Waals surface area contributed by atoms with E-state index in [0.29, 0.717) is 17.8 Å². The molecule has 1 unspecified atom stereocenters. The Morgan fingerprint density at radius 1 is 1.56 bits per heavy atom. The number of benzene rings is 1. The van der Waals surface area contributed by atoms with Crippen molar-refractivity contribution in [2.45, 2.75) is 19.4 Å². The Balaban J connectivity index is 2.57. The van der Waals surface area contributed by atoms with Crippen LogP contribution < -0.4 is 9.68 Å². The highest BCUT2D eigenvalue weighted by atomic mass is 32.1. The lowest BCUT2D eigenvalue weighted by Crippen LogP contribution is -2.05. The fourth-order valence-electron chi connectivity index (χ4n) is 1.61. The predicted octanol–water partition coefficient (Wildman–Crippen LogP) is 1.79. The van der Waals surface area contributed by atoms with Gasteiger partial charge in [0, 0.05) is 18.1 Å². The number of methoxy groups -OCH3 is 1. The van der Waals surface area contributed by atoms with Crippen LogP contribution in [0.5, 0.6) is 5.75 Å². The Labute approximate surface area is 96.1 Å². The molecule has 0 saturated carbocycles. The van der Waals surface area contributed by atoms with Crippen molar-refractivity contribution in [1.82, 2.24) is 0 Å². The molecule has 1 N–H and O–H groups in total. The van der Waals surface area contributed by atoms with E-state index >= 15 is 0 Å². The third-order valence-corrected chi connectivity index (χ3v) is 3.04. The summed E-state index contributed by atoms with van der Waals surface area (Å²) in [6.45, 7) is 1.70. The number of aliphatic hydroxyl groups is 1. The normalized spacial score (nSPS) is 12.9. The summed E-state index contributed by atoms with van der Waals surface area (Å²) in [7, 11) is 1.57. The highest BCUT2D eigenvalue weighted by Crippen LogP contribution is 2.28. The van der Waals surface area contributed by atoms with Crippen LogP contribution in [0.4, 0.5) is 0 Å². The average Bonchev–Trinajstić information content (AvgIpc) is 2.55. The molecule has 16 heavy (non-hydrogen) atoms. The van der Waals surface area contributed by atoms with Gasteiger partial charge in [0.05, 0.1) is 17.9 Å². The molecule has 5 heteroatoms. The maximum Gasteiger partial charge on any atom is 0.396 e. The number of hydrogen-bond acceptors (Lipinski definition) is 5. The molecule has 1 aromatic carbocycles. The largest absolute Gasteiger partial charge is 0.496 e. The first kappa shape index (κ1) is 11.2. The monoisotopic (exact) mass is 240 g/mol. The van der Waals surface area contributed by atoms with Crippen molar-refractivity contribution in [3.8, 4) is 5.75 Å². The predicted molar refractivity (Wildman–Crippen MR) is 62.3 cm³/mol. The summed E-state index contributed by atoms with van der Waals surface area (Å²) in [5.41, 5.74) is 1.39. The van der Waals surface area contributed by atoms with Crippen LogP contribution in [0, 0.1) is 0 Å². The first-order chi connectivity index (χ1) is 7.60. The molecule has 0 aliphatic heterocycles. The zero-order chi connectivity index (χ0) is 11.7. The summed E-state index contributed by atoms with van der Waals surface area (Å²) in [5.74, 6) is 0.672. The molecule has 1 aromatic heterocycles. The van der Waals surface area contributed by atoms with E-state index in [-0.39, 0.29) is 4.94 Å². The van der Waals surface area contributed by atoms with Gasteiger partial charge in [-0.05, 0) is 13.0 Å². The molecule has 2 aromatic rings. The topological polar surface area (TPSA) is 59.7 Å². The van der Waals surface area contributed by atoms with Crippen LogP contribution in [-0.2, 0) is 6.42 Å². The molecule has 0 aliphatic rings. The molecule has 0 bridgehead atoms. The zero-order valence-electron chi connectivity index (χ0n) is 9.02. The Morgan fingerprint density at radius 3 is 2.94 bits per heavy atom. The van der Waals surface area contributed by atoms with Crippen LogP contribution in [0.2, 0.25) is 0 Å². The van der Waals surface area contributed by atoms with Gasteiger partial charge in [-0.1, -0.05) is 11.3 Å². The second-order valence-corrected chi connectivity index (χ2v) is 4.60. The fourth-order valence-corrected chi connectivity index (χ4v) is 2.29. The summed E-state index contributed by atoms with van der Waals surface area (Å²) in [4.78, 5) is 10.8. The first-order valence-electron chi connectivity index (χ1n) is 4.89. The minimum absolute atomic E-state index is 0.328. The molecule has 0 fully saturated rings. The Hall–Kier alpha value is -1.33. The Morgan fingerprint density at radius 2 is 2.31 bits per heavy atom. The highest BCUT2D eigenvalue weighted by Gasteiger charge is 2.11. The lowest BCUT2D eigenvalue weighted by molar-refractivity contribution is 0.194. The molecule has 4 nitrogen and oxygen atoms in total. The van der Waals surface area contributed by atoms with Gasteiger partial charge in [0.2, 0.25) is 0 Å². The van der Waals surface area contributed by atoms with Gasteiger partial charge in [-0.2, -0.15) is 0 Å². The molecule has 2 rings (SSSR count). The van der Waals surface area contributed by atoms with Crippen LogP contribution in [0.3, 0.4) is 0 Å². The van der Waals surface area contributed by atoms with Crippen molar-refractivity contribution in [2.24, 2.45) is 0 Å². The lowest BCUT2D eigenvalue weighted by atomic mass is 10.1. The summed E-state index contributed by atoms with van der Waals surface area (Å²) >= 11 is 1.04. The quantitative estimate of drug-likeness (QED) is 0.888. The number of hydrogen-bond donors (Lipinski definition) is 1. The lowest BCUT2D eigenvalue weighted by Gasteiger charge is -2.09. The molecule has 86 valence electrons. The average molecular weight is 240 g/mol. The molecule has 0 saturated heterocycles. The molecule has 0 spiro atoms. The standard InChI is InChI=1S/C11H12O4S/c1-6(12)3-7-4-9-10(5-8(7)14-2)16-11(13)15-9/h4-6,12H,3H2,1-2H3. The number of ether oxygens (including phenoxy) is 1. The van der Waals surface area contributed by atoms with E-state index in [1.165, 1.54) is 0 Å². The van der Waals surface area contributed by atoms with Crippen molar-refractivity contribution < 1.29 is 14.3 Å². The highest BCUT2D eigenvalue weighted by molar-refractivity contribution is 7.16. The van der Waals surface area contributed by atoms with Crippen LogP contribution in [-0.4, -0.2) is 18.3 Å². The van der Waals surface area contributed by atoms with Crippen molar-refractivity contribution in [3.63, 3.8) is 0 Å². The van der Waals surface area contributed by atoms with Crippen LogP contribution >= 0.6 is 11.3 Å². The minimum atomic E-state index is -0.461. The third kappa shape index (κ3) is 2.10. The third-order valence-electron chi connectivity index (χ3n) is 2.25. The van der Waals surface area contributed by atoms with E-state index in [2.05, 4.69) is 0 Å². The van der Waals surface area contributed by atoms with Gasteiger partial charge in [0.1, 0.15) is 11.3 Å².